The van der Waals surface area contributed by atoms with Crippen molar-refractivity contribution in [3.8, 4) is 0 Å². The lowest BCUT2D eigenvalue weighted by atomic mass is 10.0. The molecule has 0 bridgehead atoms. The Bertz CT molecular complexity index is 668. The Morgan fingerprint density at radius 2 is 1.76 bits per heavy atom. The van der Waals surface area contributed by atoms with Gasteiger partial charge in [0.2, 0.25) is 15.9 Å². The van der Waals surface area contributed by atoms with Crippen LogP contribution in [-0.2, 0) is 20.6 Å². The number of halogens is 1. The Balaban J connectivity index is 2.08. The first-order valence-corrected chi connectivity index (χ1v) is 10.5. The van der Waals surface area contributed by atoms with E-state index in [1.165, 1.54) is 24.3 Å². The highest BCUT2D eigenvalue weighted by atomic mass is 32.2. The fourth-order valence-corrected chi connectivity index (χ4v) is 4.41. The maximum atomic E-state index is 13.0. The molecule has 7 heteroatoms. The second-order valence-electron chi connectivity index (χ2n) is 7.07. The molecule has 0 radical (unpaired) electrons. The molecule has 1 aromatic carbocycles. The highest BCUT2D eigenvalue weighted by Crippen LogP contribution is 2.15. The number of hydrogen-bond donors (Lipinski definition) is 1. The topological polar surface area (TPSA) is 66.5 Å². The zero-order chi connectivity index (χ0) is 18.4. The van der Waals surface area contributed by atoms with Gasteiger partial charge in [0.05, 0.1) is 5.75 Å². The molecule has 1 aromatic rings. The highest BCUT2D eigenvalue weighted by molar-refractivity contribution is 7.88. The Morgan fingerprint density at radius 3 is 2.32 bits per heavy atom. The highest BCUT2D eigenvalue weighted by Gasteiger charge is 2.29. The van der Waals surface area contributed by atoms with E-state index in [0.717, 1.165) is 19.3 Å². The van der Waals surface area contributed by atoms with E-state index in [-0.39, 0.29) is 17.6 Å². The third-order valence-electron chi connectivity index (χ3n) is 4.26. The summed E-state index contributed by atoms with van der Waals surface area (Å²) in [6.07, 6.45) is 3.48. The largest absolute Gasteiger partial charge is 0.341 e. The summed E-state index contributed by atoms with van der Waals surface area (Å²) in [5.41, 5.74) is 0.489. The number of carbonyl (C=O) groups is 1. The quantitative estimate of drug-likeness (QED) is 0.802. The van der Waals surface area contributed by atoms with E-state index in [9.17, 15) is 17.6 Å². The predicted molar refractivity (Wildman–Crippen MR) is 95.8 cm³/mol. The SMILES string of the molecule is CC(C)C[C@@H](NS(=O)(=O)Cc1ccc(F)cc1)C(=O)N1CCCCC1. The minimum atomic E-state index is -3.70. The number of piperidine rings is 1. The van der Waals surface area contributed by atoms with Crippen LogP contribution in [0.1, 0.15) is 45.1 Å². The summed E-state index contributed by atoms with van der Waals surface area (Å²) >= 11 is 0. The van der Waals surface area contributed by atoms with Crippen LogP contribution in [0.4, 0.5) is 4.39 Å². The van der Waals surface area contributed by atoms with Gasteiger partial charge in [-0.25, -0.2) is 17.5 Å². The van der Waals surface area contributed by atoms with Crippen molar-refractivity contribution in [3.63, 3.8) is 0 Å². The van der Waals surface area contributed by atoms with Crippen LogP contribution in [0.2, 0.25) is 0 Å². The van der Waals surface area contributed by atoms with Gasteiger partial charge in [-0.1, -0.05) is 26.0 Å². The predicted octanol–water partition coefficient (Wildman–Crippen LogP) is 2.67. The average Bonchev–Trinajstić information content (AvgIpc) is 2.55. The summed E-state index contributed by atoms with van der Waals surface area (Å²) in [6.45, 7) is 5.30. The summed E-state index contributed by atoms with van der Waals surface area (Å²) in [5, 5.41) is 0. The van der Waals surface area contributed by atoms with Crippen molar-refractivity contribution in [3.05, 3.63) is 35.6 Å². The first-order valence-electron chi connectivity index (χ1n) is 8.80. The summed E-state index contributed by atoms with van der Waals surface area (Å²) in [5.74, 6) is -0.634. The Kier molecular flexibility index (Phi) is 6.95. The molecule has 1 saturated heterocycles. The van der Waals surface area contributed by atoms with Crippen LogP contribution in [0.3, 0.4) is 0 Å². The van der Waals surface area contributed by atoms with E-state index in [1.54, 1.807) is 4.90 Å². The standard InChI is InChI=1S/C18H27FN2O3S/c1-14(2)12-17(18(22)21-10-4-3-5-11-21)20-25(23,24)13-15-6-8-16(19)9-7-15/h6-9,14,17,20H,3-5,10-13H2,1-2H3/t17-/m1/s1. The number of rotatable bonds is 7. The first kappa shape index (κ1) is 19.8. The lowest BCUT2D eigenvalue weighted by Gasteiger charge is -2.31. The Labute approximate surface area is 149 Å². The second kappa shape index (κ2) is 8.76. The molecule has 0 unspecified atom stereocenters. The number of nitrogens with one attached hydrogen (secondary N) is 1. The van der Waals surface area contributed by atoms with Crippen molar-refractivity contribution in [2.45, 2.75) is 51.3 Å². The van der Waals surface area contributed by atoms with Gasteiger partial charge in [0, 0.05) is 13.1 Å². The minimum Gasteiger partial charge on any atom is -0.341 e. The van der Waals surface area contributed by atoms with Gasteiger partial charge in [0.25, 0.3) is 0 Å². The summed E-state index contributed by atoms with van der Waals surface area (Å²) < 4.78 is 40.5. The third kappa shape index (κ3) is 6.40. The van der Waals surface area contributed by atoms with Crippen LogP contribution < -0.4 is 4.72 Å². The molecular weight excluding hydrogens is 343 g/mol. The Hall–Kier alpha value is -1.47. The molecule has 1 heterocycles. The van der Waals surface area contributed by atoms with Gasteiger partial charge in [-0.15, -0.1) is 0 Å². The van der Waals surface area contributed by atoms with Crippen LogP contribution in [0.25, 0.3) is 0 Å². The van der Waals surface area contributed by atoms with Crippen molar-refractivity contribution < 1.29 is 17.6 Å². The van der Waals surface area contributed by atoms with E-state index in [1.807, 2.05) is 13.8 Å². The van der Waals surface area contributed by atoms with E-state index in [4.69, 9.17) is 0 Å². The van der Waals surface area contributed by atoms with Gasteiger partial charge in [0.15, 0.2) is 0 Å². The molecule has 2 rings (SSSR count). The molecule has 5 nitrogen and oxygen atoms in total. The molecule has 0 aliphatic carbocycles. The van der Waals surface area contributed by atoms with Crippen LogP contribution in [0, 0.1) is 11.7 Å². The fourth-order valence-electron chi connectivity index (χ4n) is 3.06. The zero-order valence-electron chi connectivity index (χ0n) is 14.9. The van der Waals surface area contributed by atoms with E-state index >= 15 is 0 Å². The number of hydrogen-bond acceptors (Lipinski definition) is 3. The normalized spacial score (nSPS) is 16.9. The molecule has 1 aliphatic heterocycles. The third-order valence-corrected chi connectivity index (χ3v) is 5.62. The van der Waals surface area contributed by atoms with E-state index < -0.39 is 21.9 Å². The van der Waals surface area contributed by atoms with Gasteiger partial charge >= 0.3 is 0 Å². The lowest BCUT2D eigenvalue weighted by molar-refractivity contribution is -0.134. The number of amides is 1. The molecular formula is C18H27FN2O3S. The maximum absolute atomic E-state index is 13.0. The van der Waals surface area contributed by atoms with Crippen LogP contribution >= 0.6 is 0 Å². The summed E-state index contributed by atoms with van der Waals surface area (Å²) in [7, 11) is -3.70. The first-order chi connectivity index (χ1) is 11.8. The monoisotopic (exact) mass is 370 g/mol. The summed E-state index contributed by atoms with van der Waals surface area (Å²) in [6, 6.07) is 4.60. The molecule has 1 fully saturated rings. The molecule has 1 N–H and O–H groups in total. The number of nitrogens with zero attached hydrogens (tertiary/aromatic N) is 1. The molecule has 0 saturated carbocycles. The van der Waals surface area contributed by atoms with Crippen molar-refractivity contribution in [2.75, 3.05) is 13.1 Å². The van der Waals surface area contributed by atoms with Gasteiger partial charge in [-0.3, -0.25) is 4.79 Å². The summed E-state index contributed by atoms with van der Waals surface area (Å²) in [4.78, 5) is 14.5. The molecule has 1 amide bonds. The van der Waals surface area contributed by atoms with Gasteiger partial charge in [0.1, 0.15) is 11.9 Å². The fraction of sp³-hybridized carbons (Fsp3) is 0.611. The van der Waals surface area contributed by atoms with Gasteiger partial charge in [-0.2, -0.15) is 0 Å². The van der Waals surface area contributed by atoms with Gasteiger partial charge < -0.3 is 4.90 Å². The van der Waals surface area contributed by atoms with E-state index in [0.29, 0.717) is 25.1 Å². The van der Waals surface area contributed by atoms with Crippen molar-refractivity contribution in [1.29, 1.82) is 0 Å². The molecule has 1 atom stereocenters. The number of likely N-dealkylation sites (tertiary alicyclic amines) is 1. The average molecular weight is 370 g/mol. The number of benzene rings is 1. The Morgan fingerprint density at radius 1 is 1.16 bits per heavy atom. The van der Waals surface area contributed by atoms with Crippen LogP contribution in [0.5, 0.6) is 0 Å². The molecule has 25 heavy (non-hydrogen) atoms. The zero-order valence-corrected chi connectivity index (χ0v) is 15.7. The number of sulfonamides is 1. The van der Waals surface area contributed by atoms with Crippen LogP contribution in [-0.4, -0.2) is 38.4 Å². The van der Waals surface area contributed by atoms with Crippen molar-refractivity contribution in [2.24, 2.45) is 5.92 Å². The molecule has 0 aromatic heterocycles. The van der Waals surface area contributed by atoms with Gasteiger partial charge in [-0.05, 0) is 49.3 Å². The molecule has 0 spiro atoms. The molecule has 140 valence electrons. The number of carbonyl (C=O) groups excluding carboxylic acids is 1. The second-order valence-corrected chi connectivity index (χ2v) is 8.83. The smallest absolute Gasteiger partial charge is 0.240 e. The van der Waals surface area contributed by atoms with Crippen molar-refractivity contribution in [1.82, 2.24) is 9.62 Å². The van der Waals surface area contributed by atoms with Crippen molar-refractivity contribution >= 4 is 15.9 Å². The van der Waals surface area contributed by atoms with E-state index in [2.05, 4.69) is 4.72 Å². The minimum absolute atomic E-state index is 0.143. The molecule has 1 aliphatic rings. The maximum Gasteiger partial charge on any atom is 0.240 e. The van der Waals surface area contributed by atoms with Crippen LogP contribution in [0.15, 0.2) is 24.3 Å². The lowest BCUT2D eigenvalue weighted by Crippen LogP contribution is -2.50.